The van der Waals surface area contributed by atoms with Crippen molar-refractivity contribution in [3.05, 3.63) is 12.2 Å². The minimum atomic E-state index is -0.943. The number of rotatable bonds is 27. The molecule has 3 N–H and O–H groups in total. The SMILES string of the molecule is CCCCCCCCCCCCCCC/C=C/CCC[N+](CC(C)C(=O)O)(CC(C)C(=O)O)CC(C)C(=O)O. The third-order valence-electron chi connectivity index (χ3n) is 7.89. The molecular weight excluding hydrogens is 494 g/mol. The van der Waals surface area contributed by atoms with E-state index >= 15 is 0 Å². The number of hydrogen-bond donors (Lipinski definition) is 3. The Morgan fingerprint density at radius 1 is 0.538 bits per heavy atom. The van der Waals surface area contributed by atoms with Crippen molar-refractivity contribution in [1.82, 2.24) is 0 Å². The smallest absolute Gasteiger partial charge is 0.311 e. The minimum Gasteiger partial charge on any atom is -0.481 e. The zero-order valence-corrected chi connectivity index (χ0v) is 25.5. The average molecular weight is 555 g/mol. The van der Waals surface area contributed by atoms with Gasteiger partial charge in [-0.05, 0) is 40.0 Å². The summed E-state index contributed by atoms with van der Waals surface area (Å²) in [5.74, 6) is -4.88. The van der Waals surface area contributed by atoms with Crippen LogP contribution in [0.3, 0.4) is 0 Å². The summed E-state index contributed by atoms with van der Waals surface area (Å²) in [6.07, 6.45) is 24.5. The fraction of sp³-hybridized carbons (Fsp3) is 0.844. The number of carboxylic acid groups (broad SMARTS) is 3. The molecule has 0 aliphatic rings. The number of aliphatic carboxylic acids is 3. The predicted octanol–water partition coefficient (Wildman–Crippen LogP) is 7.78. The van der Waals surface area contributed by atoms with Crippen LogP contribution in [0.5, 0.6) is 0 Å². The van der Waals surface area contributed by atoms with Gasteiger partial charge in [-0.2, -0.15) is 0 Å². The summed E-state index contributed by atoms with van der Waals surface area (Å²) in [5, 5.41) is 28.5. The van der Waals surface area contributed by atoms with Crippen LogP contribution in [0.2, 0.25) is 0 Å². The lowest BCUT2D eigenvalue weighted by atomic mass is 10.0. The van der Waals surface area contributed by atoms with Gasteiger partial charge in [0.2, 0.25) is 0 Å². The Labute approximate surface area is 238 Å². The van der Waals surface area contributed by atoms with Gasteiger partial charge in [0.25, 0.3) is 0 Å². The maximum atomic E-state index is 11.6. The van der Waals surface area contributed by atoms with Gasteiger partial charge in [-0.15, -0.1) is 0 Å². The van der Waals surface area contributed by atoms with Crippen LogP contribution in [0.25, 0.3) is 0 Å². The molecule has 0 radical (unpaired) electrons. The van der Waals surface area contributed by atoms with E-state index in [4.69, 9.17) is 0 Å². The van der Waals surface area contributed by atoms with Crippen LogP contribution in [0, 0.1) is 17.8 Å². The standard InChI is InChI=1S/C32H59NO6/c1-5-6-7-8-9-10-11-12-13-14-15-16-17-18-19-20-21-22-23-33(24-27(2)30(34)35,25-28(3)31(36)37)26-29(4)32(38)39/h19-20,27-29H,5-18,21-26H2,1-4H3,(H2-,34,35,36,37,38,39)/p+1/b20-19+. The summed E-state index contributed by atoms with van der Waals surface area (Å²) in [6.45, 7) is 8.35. The lowest BCUT2D eigenvalue weighted by molar-refractivity contribution is -0.934. The number of allylic oxidation sites excluding steroid dienone is 2. The molecule has 0 spiro atoms. The molecule has 228 valence electrons. The predicted molar refractivity (Wildman–Crippen MR) is 159 cm³/mol. The molecule has 3 atom stereocenters. The van der Waals surface area contributed by atoms with Gasteiger partial charge in [-0.1, -0.05) is 96.1 Å². The number of quaternary nitrogens is 1. The zero-order chi connectivity index (χ0) is 29.5. The summed E-state index contributed by atoms with van der Waals surface area (Å²) in [7, 11) is 0. The number of hydrogen-bond acceptors (Lipinski definition) is 3. The fourth-order valence-corrected chi connectivity index (χ4v) is 5.53. The molecule has 0 saturated carbocycles. The first-order chi connectivity index (χ1) is 18.5. The molecule has 0 aromatic rings. The first-order valence-corrected chi connectivity index (χ1v) is 15.7. The maximum Gasteiger partial charge on any atom is 0.311 e. The molecule has 7 heteroatoms. The van der Waals surface area contributed by atoms with E-state index in [1.807, 2.05) is 0 Å². The van der Waals surface area contributed by atoms with Crippen molar-refractivity contribution in [2.24, 2.45) is 17.8 Å². The minimum absolute atomic E-state index is 0.196. The van der Waals surface area contributed by atoms with Crippen molar-refractivity contribution in [3.8, 4) is 0 Å². The van der Waals surface area contributed by atoms with Crippen molar-refractivity contribution in [3.63, 3.8) is 0 Å². The van der Waals surface area contributed by atoms with Crippen molar-refractivity contribution in [1.29, 1.82) is 0 Å². The first-order valence-electron chi connectivity index (χ1n) is 15.7. The Kier molecular flexibility index (Phi) is 21.8. The zero-order valence-electron chi connectivity index (χ0n) is 25.5. The van der Waals surface area contributed by atoms with Gasteiger partial charge in [0.15, 0.2) is 0 Å². The van der Waals surface area contributed by atoms with E-state index in [0.29, 0.717) is 6.54 Å². The number of unbranched alkanes of at least 4 members (excludes halogenated alkanes) is 14. The third-order valence-corrected chi connectivity index (χ3v) is 7.89. The van der Waals surface area contributed by atoms with E-state index in [9.17, 15) is 29.7 Å². The molecule has 0 aromatic heterocycles. The van der Waals surface area contributed by atoms with Crippen molar-refractivity contribution in [2.45, 2.75) is 130 Å². The van der Waals surface area contributed by atoms with Crippen molar-refractivity contribution >= 4 is 17.9 Å². The van der Waals surface area contributed by atoms with Crippen LogP contribution in [-0.2, 0) is 14.4 Å². The van der Waals surface area contributed by atoms with Crippen LogP contribution < -0.4 is 0 Å². The van der Waals surface area contributed by atoms with Gasteiger partial charge < -0.3 is 19.8 Å². The largest absolute Gasteiger partial charge is 0.481 e. The molecule has 0 aromatic carbocycles. The molecule has 0 amide bonds. The fourth-order valence-electron chi connectivity index (χ4n) is 5.53. The topological polar surface area (TPSA) is 112 Å². The molecule has 7 nitrogen and oxygen atoms in total. The molecular formula is C32H60NO6+. The van der Waals surface area contributed by atoms with Gasteiger partial charge >= 0.3 is 17.9 Å². The lowest BCUT2D eigenvalue weighted by Crippen LogP contribution is -2.57. The van der Waals surface area contributed by atoms with Crippen LogP contribution in [0.15, 0.2) is 12.2 Å². The lowest BCUT2D eigenvalue weighted by Gasteiger charge is -2.42. The summed E-state index contributed by atoms with van der Waals surface area (Å²) in [4.78, 5) is 34.8. The van der Waals surface area contributed by atoms with Crippen LogP contribution in [0.1, 0.15) is 130 Å². The van der Waals surface area contributed by atoms with E-state index in [-0.39, 0.29) is 24.1 Å². The van der Waals surface area contributed by atoms with E-state index in [1.165, 1.54) is 83.5 Å². The van der Waals surface area contributed by atoms with E-state index < -0.39 is 35.7 Å². The highest BCUT2D eigenvalue weighted by atomic mass is 16.4. The number of carbonyl (C=O) groups is 3. The second-order valence-corrected chi connectivity index (χ2v) is 12.0. The third kappa shape index (κ3) is 19.8. The first kappa shape index (κ1) is 37.1. The second-order valence-electron chi connectivity index (χ2n) is 12.0. The number of nitrogens with zero attached hydrogens (tertiary/aromatic N) is 1. The summed E-state index contributed by atoms with van der Waals surface area (Å²) in [6, 6.07) is 0. The average Bonchev–Trinajstić information content (AvgIpc) is 2.87. The summed E-state index contributed by atoms with van der Waals surface area (Å²) < 4.78 is 0.196. The number of carboxylic acids is 3. The van der Waals surface area contributed by atoms with Gasteiger partial charge in [0, 0.05) is 6.42 Å². The molecule has 0 heterocycles. The molecule has 3 unspecified atom stereocenters. The molecule has 0 saturated heterocycles. The van der Waals surface area contributed by atoms with Crippen LogP contribution >= 0.6 is 0 Å². The Bertz CT molecular complexity index is 637. The molecule has 0 aliphatic carbocycles. The van der Waals surface area contributed by atoms with Crippen molar-refractivity contribution < 1.29 is 34.2 Å². The Morgan fingerprint density at radius 2 is 0.846 bits per heavy atom. The highest BCUT2D eigenvalue weighted by molar-refractivity contribution is 5.70. The highest BCUT2D eigenvalue weighted by Gasteiger charge is 2.38. The normalized spacial score (nSPS) is 15.6. The van der Waals surface area contributed by atoms with Crippen LogP contribution in [-0.4, -0.2) is 63.9 Å². The maximum absolute atomic E-state index is 11.6. The van der Waals surface area contributed by atoms with Gasteiger partial charge in [-0.25, -0.2) is 0 Å². The Morgan fingerprint density at radius 3 is 1.18 bits per heavy atom. The van der Waals surface area contributed by atoms with E-state index in [1.54, 1.807) is 20.8 Å². The summed E-state index contributed by atoms with van der Waals surface area (Å²) in [5.41, 5.74) is 0. The van der Waals surface area contributed by atoms with Gasteiger partial charge in [-0.3, -0.25) is 14.4 Å². The quantitative estimate of drug-likeness (QED) is 0.0543. The van der Waals surface area contributed by atoms with Gasteiger partial charge in [0.1, 0.15) is 17.8 Å². The second kappa shape index (κ2) is 22.9. The van der Waals surface area contributed by atoms with Crippen LogP contribution in [0.4, 0.5) is 0 Å². The van der Waals surface area contributed by atoms with E-state index in [0.717, 1.165) is 19.3 Å². The monoisotopic (exact) mass is 554 g/mol. The Hall–Kier alpha value is -1.89. The molecule has 39 heavy (non-hydrogen) atoms. The molecule has 0 bridgehead atoms. The molecule has 0 fully saturated rings. The van der Waals surface area contributed by atoms with E-state index in [2.05, 4.69) is 19.1 Å². The Balaban J connectivity index is 4.44. The summed E-state index contributed by atoms with van der Waals surface area (Å²) >= 11 is 0. The highest BCUT2D eigenvalue weighted by Crippen LogP contribution is 2.21. The van der Waals surface area contributed by atoms with Gasteiger partial charge in [0.05, 0.1) is 26.2 Å². The molecule has 0 rings (SSSR count). The van der Waals surface area contributed by atoms with Crippen molar-refractivity contribution in [2.75, 3.05) is 26.2 Å². The molecule has 0 aliphatic heterocycles.